The molecule has 0 aromatic heterocycles. The van der Waals surface area contributed by atoms with Crippen molar-refractivity contribution in [3.05, 3.63) is 0 Å². The number of hydrogen-bond acceptors (Lipinski definition) is 1. The third kappa shape index (κ3) is 1.70. The Hall–Kier alpha value is -0.0800. The summed E-state index contributed by atoms with van der Waals surface area (Å²) in [5, 5.41) is 4.39. The fourth-order valence-electron chi connectivity index (χ4n) is 1.54. The highest BCUT2D eigenvalue weighted by atomic mass is 15.2. The van der Waals surface area contributed by atoms with Gasteiger partial charge in [0.25, 0.3) is 0 Å². The second kappa shape index (κ2) is 3.94. The lowest BCUT2D eigenvalue weighted by atomic mass is 10.1. The van der Waals surface area contributed by atoms with Gasteiger partial charge in [-0.15, -0.1) is 0 Å². The van der Waals surface area contributed by atoms with Crippen molar-refractivity contribution >= 4 is 0 Å². The van der Waals surface area contributed by atoms with Crippen molar-refractivity contribution in [1.29, 1.82) is 0 Å². The molecule has 0 spiro atoms. The SMILES string of the molecule is CCC1C[N]CCN1CC. The van der Waals surface area contributed by atoms with E-state index in [2.05, 4.69) is 24.1 Å². The van der Waals surface area contributed by atoms with Crippen LogP contribution in [0.15, 0.2) is 0 Å². The molecule has 1 heterocycles. The molecule has 0 aromatic carbocycles. The molecule has 0 N–H and O–H groups in total. The lowest BCUT2D eigenvalue weighted by Crippen LogP contribution is -2.47. The summed E-state index contributed by atoms with van der Waals surface area (Å²) in [6, 6.07) is 0.735. The first kappa shape index (κ1) is 8.02. The third-order valence-corrected chi connectivity index (χ3v) is 2.28. The Balaban J connectivity index is 2.34. The van der Waals surface area contributed by atoms with E-state index >= 15 is 0 Å². The predicted molar refractivity (Wildman–Crippen MR) is 43.2 cm³/mol. The van der Waals surface area contributed by atoms with Crippen LogP contribution in [-0.4, -0.2) is 37.1 Å². The summed E-state index contributed by atoms with van der Waals surface area (Å²) < 4.78 is 0. The van der Waals surface area contributed by atoms with Gasteiger partial charge >= 0.3 is 0 Å². The molecule has 1 unspecified atom stereocenters. The number of piperazine rings is 1. The molecule has 1 saturated heterocycles. The predicted octanol–water partition coefficient (Wildman–Crippen LogP) is 0.705. The standard InChI is InChI=1S/C8H17N2/c1-3-8-7-9-5-6-10(8)4-2/h8H,3-7H2,1-2H3. The Morgan fingerprint density at radius 3 is 2.80 bits per heavy atom. The Morgan fingerprint density at radius 1 is 1.50 bits per heavy atom. The second-order valence-corrected chi connectivity index (χ2v) is 2.82. The number of nitrogens with zero attached hydrogens (tertiary/aromatic N) is 2. The van der Waals surface area contributed by atoms with Gasteiger partial charge < -0.3 is 0 Å². The molecule has 0 amide bonds. The lowest BCUT2D eigenvalue weighted by Gasteiger charge is -2.33. The van der Waals surface area contributed by atoms with Crippen LogP contribution in [-0.2, 0) is 0 Å². The highest BCUT2D eigenvalue weighted by Gasteiger charge is 2.18. The van der Waals surface area contributed by atoms with Crippen molar-refractivity contribution in [1.82, 2.24) is 10.2 Å². The van der Waals surface area contributed by atoms with Crippen LogP contribution >= 0.6 is 0 Å². The van der Waals surface area contributed by atoms with Gasteiger partial charge in [-0.1, -0.05) is 13.8 Å². The first-order valence-corrected chi connectivity index (χ1v) is 4.25. The van der Waals surface area contributed by atoms with E-state index in [0.717, 1.165) is 19.1 Å². The molecule has 1 radical (unpaired) electrons. The van der Waals surface area contributed by atoms with Gasteiger partial charge in [0.2, 0.25) is 0 Å². The Kier molecular flexibility index (Phi) is 3.16. The van der Waals surface area contributed by atoms with Crippen LogP contribution in [0.2, 0.25) is 0 Å². The first-order chi connectivity index (χ1) is 4.88. The van der Waals surface area contributed by atoms with E-state index in [0.29, 0.717) is 0 Å². The van der Waals surface area contributed by atoms with Crippen molar-refractivity contribution in [2.45, 2.75) is 26.3 Å². The Labute approximate surface area is 63.6 Å². The fourth-order valence-corrected chi connectivity index (χ4v) is 1.54. The molecule has 0 bridgehead atoms. The van der Waals surface area contributed by atoms with E-state index < -0.39 is 0 Å². The molecule has 1 aliphatic rings. The van der Waals surface area contributed by atoms with Gasteiger partial charge in [0.15, 0.2) is 0 Å². The van der Waals surface area contributed by atoms with Crippen molar-refractivity contribution < 1.29 is 0 Å². The molecule has 0 saturated carbocycles. The average molecular weight is 141 g/mol. The minimum absolute atomic E-state index is 0.735. The molecule has 0 aliphatic carbocycles. The topological polar surface area (TPSA) is 17.3 Å². The maximum atomic E-state index is 4.39. The van der Waals surface area contributed by atoms with Gasteiger partial charge in [0.05, 0.1) is 0 Å². The highest BCUT2D eigenvalue weighted by molar-refractivity contribution is 4.76. The highest BCUT2D eigenvalue weighted by Crippen LogP contribution is 2.06. The molecular weight excluding hydrogens is 124 g/mol. The average Bonchev–Trinajstić information content (AvgIpc) is 2.04. The monoisotopic (exact) mass is 141 g/mol. The van der Waals surface area contributed by atoms with Gasteiger partial charge in [0, 0.05) is 25.7 Å². The van der Waals surface area contributed by atoms with E-state index in [1.807, 2.05) is 0 Å². The van der Waals surface area contributed by atoms with Crippen LogP contribution in [0.5, 0.6) is 0 Å². The molecule has 1 rings (SSSR count). The van der Waals surface area contributed by atoms with E-state index in [-0.39, 0.29) is 0 Å². The minimum Gasteiger partial charge on any atom is -0.298 e. The smallest absolute Gasteiger partial charge is 0.0290 e. The van der Waals surface area contributed by atoms with Crippen LogP contribution in [0.4, 0.5) is 0 Å². The van der Waals surface area contributed by atoms with E-state index in [1.54, 1.807) is 0 Å². The summed E-state index contributed by atoms with van der Waals surface area (Å²) in [4.78, 5) is 2.52. The molecule has 2 nitrogen and oxygen atoms in total. The van der Waals surface area contributed by atoms with Gasteiger partial charge in [-0.05, 0) is 13.0 Å². The van der Waals surface area contributed by atoms with Gasteiger partial charge in [-0.25, -0.2) is 5.32 Å². The molecule has 1 atom stereocenters. The van der Waals surface area contributed by atoms with E-state index in [4.69, 9.17) is 0 Å². The zero-order valence-electron chi connectivity index (χ0n) is 7.01. The number of likely N-dealkylation sites (N-methyl/N-ethyl adjacent to an activating group) is 1. The summed E-state index contributed by atoms with van der Waals surface area (Å²) in [6.45, 7) is 8.94. The zero-order chi connectivity index (χ0) is 7.40. The minimum atomic E-state index is 0.735. The summed E-state index contributed by atoms with van der Waals surface area (Å²) >= 11 is 0. The number of hydrogen-bond donors (Lipinski definition) is 0. The second-order valence-electron chi connectivity index (χ2n) is 2.82. The van der Waals surface area contributed by atoms with Crippen LogP contribution in [0.3, 0.4) is 0 Å². The molecule has 1 aliphatic heterocycles. The zero-order valence-corrected chi connectivity index (χ0v) is 7.01. The third-order valence-electron chi connectivity index (χ3n) is 2.28. The maximum absolute atomic E-state index is 4.39. The molecule has 10 heavy (non-hydrogen) atoms. The first-order valence-electron chi connectivity index (χ1n) is 4.25. The van der Waals surface area contributed by atoms with Gasteiger partial charge in [-0.3, -0.25) is 4.90 Å². The summed E-state index contributed by atoms with van der Waals surface area (Å²) in [5.41, 5.74) is 0. The van der Waals surface area contributed by atoms with E-state index in [9.17, 15) is 0 Å². The van der Waals surface area contributed by atoms with Crippen LogP contribution < -0.4 is 5.32 Å². The lowest BCUT2D eigenvalue weighted by molar-refractivity contribution is 0.163. The summed E-state index contributed by atoms with van der Waals surface area (Å²) in [5.74, 6) is 0. The molecule has 59 valence electrons. The maximum Gasteiger partial charge on any atom is 0.0290 e. The number of rotatable bonds is 2. The van der Waals surface area contributed by atoms with Gasteiger partial charge in [-0.2, -0.15) is 0 Å². The largest absolute Gasteiger partial charge is 0.298 e. The normalized spacial score (nSPS) is 28.8. The van der Waals surface area contributed by atoms with Gasteiger partial charge in [0.1, 0.15) is 0 Å². The quantitative estimate of drug-likeness (QED) is 0.553. The van der Waals surface area contributed by atoms with Crippen molar-refractivity contribution in [3.8, 4) is 0 Å². The molecule has 2 heteroatoms. The molecular formula is C8H17N2. The van der Waals surface area contributed by atoms with Crippen LogP contribution in [0, 0.1) is 0 Å². The Bertz CT molecular complexity index is 81.3. The Morgan fingerprint density at radius 2 is 2.30 bits per heavy atom. The van der Waals surface area contributed by atoms with Crippen molar-refractivity contribution in [2.75, 3.05) is 26.2 Å². The van der Waals surface area contributed by atoms with Crippen molar-refractivity contribution in [2.24, 2.45) is 0 Å². The van der Waals surface area contributed by atoms with E-state index in [1.165, 1.54) is 19.5 Å². The summed E-state index contributed by atoms with van der Waals surface area (Å²) in [6.07, 6.45) is 1.25. The van der Waals surface area contributed by atoms with Crippen LogP contribution in [0.1, 0.15) is 20.3 Å². The fraction of sp³-hybridized carbons (Fsp3) is 1.00. The molecule has 1 fully saturated rings. The van der Waals surface area contributed by atoms with Crippen molar-refractivity contribution in [3.63, 3.8) is 0 Å². The van der Waals surface area contributed by atoms with Crippen LogP contribution in [0.25, 0.3) is 0 Å². The summed E-state index contributed by atoms with van der Waals surface area (Å²) in [7, 11) is 0. The molecule has 0 aromatic rings.